The molecule has 1 N–H and O–H groups in total. The van der Waals surface area contributed by atoms with E-state index in [9.17, 15) is 4.79 Å². The molecule has 1 rings (SSSR count). The molecule has 1 fully saturated rings. The summed E-state index contributed by atoms with van der Waals surface area (Å²) in [6.07, 6.45) is 0. The van der Waals surface area contributed by atoms with Crippen molar-refractivity contribution in [2.24, 2.45) is 0 Å². The molecule has 1 saturated heterocycles. The number of carbonyl (C=O) groups is 1. The molecule has 70 valence electrons. The second-order valence-electron chi connectivity index (χ2n) is 2.96. The average Bonchev–Trinajstić information content (AvgIpc) is 2.05. The van der Waals surface area contributed by atoms with Crippen molar-refractivity contribution in [1.29, 1.82) is 0 Å². The third-order valence-electron chi connectivity index (χ3n) is 1.86. The van der Waals surface area contributed by atoms with E-state index in [-0.39, 0.29) is 6.03 Å². The van der Waals surface area contributed by atoms with Crippen LogP contribution in [0.3, 0.4) is 0 Å². The van der Waals surface area contributed by atoms with Gasteiger partial charge < -0.3 is 10.2 Å². The highest BCUT2D eigenvalue weighted by molar-refractivity contribution is 7.99. The number of nitrogens with one attached hydrogen (secondary N) is 1. The number of hydrogen-bond donors (Lipinski definition) is 1. The topological polar surface area (TPSA) is 32.3 Å². The highest BCUT2D eigenvalue weighted by atomic mass is 32.2. The zero-order valence-electron chi connectivity index (χ0n) is 7.67. The van der Waals surface area contributed by atoms with Crippen LogP contribution < -0.4 is 5.32 Å². The Hall–Kier alpha value is -0.380. The van der Waals surface area contributed by atoms with Crippen molar-refractivity contribution in [2.75, 3.05) is 25.4 Å². The van der Waals surface area contributed by atoms with E-state index < -0.39 is 0 Å². The fraction of sp³-hybridized carbons (Fsp3) is 0.875. The van der Waals surface area contributed by atoms with Gasteiger partial charge in [0.1, 0.15) is 0 Å². The van der Waals surface area contributed by atoms with Crippen molar-refractivity contribution in [2.45, 2.75) is 19.1 Å². The Morgan fingerprint density at radius 2 is 2.50 bits per heavy atom. The Kier molecular flexibility index (Phi) is 3.72. The zero-order valence-corrected chi connectivity index (χ0v) is 8.49. The van der Waals surface area contributed by atoms with Crippen LogP contribution in [0.15, 0.2) is 0 Å². The molecule has 1 aliphatic heterocycles. The van der Waals surface area contributed by atoms with E-state index >= 15 is 0 Å². The predicted octanol–water partition coefficient (Wildman–Crippen LogP) is 1.15. The molecule has 0 aromatic carbocycles. The molecule has 0 aliphatic carbocycles. The smallest absolute Gasteiger partial charge is 0.317 e. The molecular formula is C8H16N2OS. The maximum Gasteiger partial charge on any atom is 0.317 e. The van der Waals surface area contributed by atoms with Crippen molar-refractivity contribution in [1.82, 2.24) is 10.2 Å². The second-order valence-corrected chi connectivity index (χ2v) is 4.51. The third-order valence-corrected chi connectivity index (χ3v) is 2.99. The largest absolute Gasteiger partial charge is 0.338 e. The Labute approximate surface area is 77.9 Å². The predicted molar refractivity (Wildman–Crippen MR) is 52.6 cm³/mol. The molecule has 3 nitrogen and oxygen atoms in total. The molecule has 0 bridgehead atoms. The molecule has 0 spiro atoms. The molecule has 1 aliphatic rings. The SMILES string of the molecule is CCNC(=O)N1CCSC(C)C1. The van der Waals surface area contributed by atoms with Crippen molar-refractivity contribution in [3.8, 4) is 0 Å². The van der Waals surface area contributed by atoms with Gasteiger partial charge in [-0.2, -0.15) is 11.8 Å². The molecule has 2 amide bonds. The summed E-state index contributed by atoms with van der Waals surface area (Å²) in [4.78, 5) is 13.2. The number of rotatable bonds is 1. The van der Waals surface area contributed by atoms with E-state index in [1.807, 2.05) is 23.6 Å². The first kappa shape index (κ1) is 9.71. The quantitative estimate of drug-likeness (QED) is 0.669. The van der Waals surface area contributed by atoms with Crippen LogP contribution in [-0.4, -0.2) is 41.6 Å². The molecule has 1 heterocycles. The molecule has 0 aromatic rings. The van der Waals surface area contributed by atoms with Crippen molar-refractivity contribution in [3.05, 3.63) is 0 Å². The minimum atomic E-state index is 0.0876. The number of hydrogen-bond acceptors (Lipinski definition) is 2. The van der Waals surface area contributed by atoms with E-state index in [1.165, 1.54) is 0 Å². The van der Waals surface area contributed by atoms with Crippen LogP contribution in [0, 0.1) is 0 Å². The Morgan fingerprint density at radius 3 is 3.08 bits per heavy atom. The lowest BCUT2D eigenvalue weighted by molar-refractivity contribution is 0.201. The Morgan fingerprint density at radius 1 is 1.75 bits per heavy atom. The normalized spacial score (nSPS) is 23.8. The van der Waals surface area contributed by atoms with Crippen LogP contribution >= 0.6 is 11.8 Å². The molecular weight excluding hydrogens is 172 g/mol. The highest BCUT2D eigenvalue weighted by Gasteiger charge is 2.20. The maximum atomic E-state index is 11.3. The van der Waals surface area contributed by atoms with Gasteiger partial charge in [-0.1, -0.05) is 6.92 Å². The van der Waals surface area contributed by atoms with Gasteiger partial charge in [-0.25, -0.2) is 4.79 Å². The first-order valence-corrected chi connectivity index (χ1v) is 5.43. The molecule has 1 atom stereocenters. The van der Waals surface area contributed by atoms with Crippen molar-refractivity contribution < 1.29 is 4.79 Å². The number of carbonyl (C=O) groups excluding carboxylic acids is 1. The van der Waals surface area contributed by atoms with Crippen molar-refractivity contribution >= 4 is 17.8 Å². The van der Waals surface area contributed by atoms with Gasteiger partial charge in [-0.05, 0) is 6.92 Å². The van der Waals surface area contributed by atoms with E-state index in [2.05, 4.69) is 12.2 Å². The Balaban J connectivity index is 2.35. The second kappa shape index (κ2) is 4.60. The van der Waals surface area contributed by atoms with Gasteiger partial charge in [0.15, 0.2) is 0 Å². The van der Waals surface area contributed by atoms with Gasteiger partial charge in [0.25, 0.3) is 0 Å². The maximum absolute atomic E-state index is 11.3. The van der Waals surface area contributed by atoms with E-state index in [1.54, 1.807) is 0 Å². The minimum absolute atomic E-state index is 0.0876. The van der Waals surface area contributed by atoms with Crippen LogP contribution in [0.25, 0.3) is 0 Å². The summed E-state index contributed by atoms with van der Waals surface area (Å²) in [7, 11) is 0. The molecule has 0 radical (unpaired) electrons. The van der Waals surface area contributed by atoms with E-state index in [0.29, 0.717) is 5.25 Å². The van der Waals surface area contributed by atoms with E-state index in [0.717, 1.165) is 25.4 Å². The monoisotopic (exact) mass is 188 g/mol. The molecule has 0 saturated carbocycles. The molecule has 1 unspecified atom stereocenters. The van der Waals surface area contributed by atoms with Gasteiger partial charge in [-0.3, -0.25) is 0 Å². The summed E-state index contributed by atoms with van der Waals surface area (Å²) in [5.74, 6) is 1.07. The lowest BCUT2D eigenvalue weighted by Crippen LogP contribution is -2.46. The summed E-state index contributed by atoms with van der Waals surface area (Å²) in [5.41, 5.74) is 0. The van der Waals surface area contributed by atoms with Crippen LogP contribution in [0.2, 0.25) is 0 Å². The highest BCUT2D eigenvalue weighted by Crippen LogP contribution is 2.17. The summed E-state index contributed by atoms with van der Waals surface area (Å²) in [6, 6.07) is 0.0876. The van der Waals surface area contributed by atoms with Crippen LogP contribution in [0.5, 0.6) is 0 Å². The zero-order chi connectivity index (χ0) is 8.97. The molecule has 4 heteroatoms. The average molecular weight is 188 g/mol. The summed E-state index contributed by atoms with van der Waals surface area (Å²) in [5, 5.41) is 3.40. The van der Waals surface area contributed by atoms with Gasteiger partial charge in [0, 0.05) is 30.6 Å². The Bertz CT molecular complexity index is 163. The fourth-order valence-electron chi connectivity index (χ4n) is 1.27. The lowest BCUT2D eigenvalue weighted by atomic mass is 10.4. The van der Waals surface area contributed by atoms with Crippen LogP contribution in [0.4, 0.5) is 4.79 Å². The van der Waals surface area contributed by atoms with Gasteiger partial charge >= 0.3 is 6.03 Å². The minimum Gasteiger partial charge on any atom is -0.338 e. The molecule has 12 heavy (non-hydrogen) atoms. The fourth-order valence-corrected chi connectivity index (χ4v) is 2.28. The third kappa shape index (κ3) is 2.59. The summed E-state index contributed by atoms with van der Waals surface area (Å²) < 4.78 is 0. The van der Waals surface area contributed by atoms with Crippen LogP contribution in [0.1, 0.15) is 13.8 Å². The summed E-state index contributed by atoms with van der Waals surface area (Å²) >= 11 is 1.94. The lowest BCUT2D eigenvalue weighted by Gasteiger charge is -2.30. The standard InChI is InChI=1S/C8H16N2OS/c1-3-9-8(11)10-4-5-12-7(2)6-10/h7H,3-6H2,1-2H3,(H,9,11). The van der Waals surface area contributed by atoms with Crippen LogP contribution in [-0.2, 0) is 0 Å². The number of nitrogens with zero attached hydrogens (tertiary/aromatic N) is 1. The first-order valence-electron chi connectivity index (χ1n) is 4.38. The van der Waals surface area contributed by atoms with Crippen molar-refractivity contribution in [3.63, 3.8) is 0 Å². The van der Waals surface area contributed by atoms with Gasteiger partial charge in [0.2, 0.25) is 0 Å². The van der Waals surface area contributed by atoms with Gasteiger partial charge in [0.05, 0.1) is 0 Å². The summed E-state index contributed by atoms with van der Waals surface area (Å²) in [6.45, 7) is 6.60. The first-order chi connectivity index (χ1) is 5.74. The number of amides is 2. The van der Waals surface area contributed by atoms with Gasteiger partial charge in [-0.15, -0.1) is 0 Å². The number of urea groups is 1. The number of thioether (sulfide) groups is 1. The van der Waals surface area contributed by atoms with E-state index in [4.69, 9.17) is 0 Å². The molecule has 0 aromatic heterocycles.